The Kier molecular flexibility index (Phi) is 35.2. The van der Waals surface area contributed by atoms with E-state index in [1.165, 1.54) is 0 Å². The van der Waals surface area contributed by atoms with Crippen molar-refractivity contribution in [3.05, 3.63) is 213 Å². The number of rotatable bonds is 15. The van der Waals surface area contributed by atoms with Crippen LogP contribution in [0.2, 0.25) is 26.3 Å². The summed E-state index contributed by atoms with van der Waals surface area (Å²) >= 11 is 33.9. The Bertz CT molecular complexity index is 4100. The van der Waals surface area contributed by atoms with E-state index in [0.29, 0.717) is 45.0 Å². The number of carbonyl (C=O) groups excluding carboxylic acids is 2. The van der Waals surface area contributed by atoms with Crippen molar-refractivity contribution in [1.82, 2.24) is 39.9 Å². The summed E-state index contributed by atoms with van der Waals surface area (Å²) in [5.74, 6) is 1.50. The third-order valence-electron chi connectivity index (χ3n) is 14.7. The minimum Gasteiger partial charge on any atom is -0.870 e. The number of aliphatic hydroxyl groups is 1. The molecule has 0 saturated heterocycles. The topological polar surface area (TPSA) is 369 Å². The summed E-state index contributed by atoms with van der Waals surface area (Å²) in [5, 5.41) is 42.6. The maximum atomic E-state index is 11.5. The molecule has 4 aromatic heterocycles. The van der Waals surface area contributed by atoms with Crippen LogP contribution in [0.4, 0.5) is 0 Å². The standard InChI is InChI=1S/C19H21ClN4O3.C15H17ClN4O2.C15H14ClN3O.C9H9NO.C6H6Cl2N2.C4H5ClO.Na.H2O/c1-10-11(2)22-19(20)23-17(10)26-12(3)13-4-6-14(7-5-13)16(21)24-27-18(25)15-8-9-15;1-8-9(2)18-15(16)19-14(8)22-10(3)11-4-6-12(7-5-11)13(17)20-21;1-9-10(2)18-15(16)19-14(9)20-11(3)13-6-4-12(8-17)5-7-13;1-7(11)9-4-2-8(6-10)3-5-9;1-3-4(2)9-6(8)10-5(3)7;5-4(6)3-1-2-3;;/h4-7,12,15H,8-9H2,1-3H3,(H2,21,24);4-7,10,21H,1-3H3,(H2,17,20);4-7,11H,1-3H3;2-5,7,11H,1H3;1-2H3;3H,1-2H2;;1H2/q;;;;;;+1;/p-1/t12-;10-;11-;7-;;;;/m0000..../s1. The molecule has 7 N–H and O–H groups in total. The van der Waals surface area contributed by atoms with Gasteiger partial charge in [-0.05, 0) is 213 Å². The van der Waals surface area contributed by atoms with E-state index in [4.69, 9.17) is 121 Å². The van der Waals surface area contributed by atoms with Gasteiger partial charge in [0.05, 0.1) is 35.3 Å². The second kappa shape index (κ2) is 40.9. The number of nitriles is 2. The van der Waals surface area contributed by atoms with E-state index in [1.807, 2.05) is 119 Å². The first kappa shape index (κ1) is 84.3. The van der Waals surface area contributed by atoms with Gasteiger partial charge < -0.3 is 46.3 Å². The molecule has 2 aliphatic carbocycles. The number of aliphatic hydroxyl groups excluding tert-OH is 1. The molecule has 0 unspecified atom stereocenters. The largest absolute Gasteiger partial charge is 1.00 e. The minimum atomic E-state index is -0.456. The van der Waals surface area contributed by atoms with Crippen LogP contribution in [0.1, 0.15) is 167 Å². The van der Waals surface area contributed by atoms with Gasteiger partial charge in [-0.3, -0.25) is 4.79 Å². The van der Waals surface area contributed by atoms with Gasteiger partial charge in [-0.2, -0.15) is 25.5 Å². The Morgan fingerprint density at radius 1 is 0.500 bits per heavy atom. The summed E-state index contributed by atoms with van der Waals surface area (Å²) in [6.07, 6.45) is 2.62. The van der Waals surface area contributed by atoms with Crippen molar-refractivity contribution in [3.8, 4) is 29.8 Å². The smallest absolute Gasteiger partial charge is 0.870 e. The Labute approximate surface area is 621 Å². The molecule has 8 aromatic rings. The number of oxime groups is 2. The first-order valence-corrected chi connectivity index (χ1v) is 32.0. The normalized spacial score (nSPS) is 13.2. The number of carbonyl (C=O) groups is 2. The molecule has 23 nitrogen and oxygen atoms in total. The maximum absolute atomic E-state index is 11.5. The molecule has 512 valence electrons. The van der Waals surface area contributed by atoms with Crippen molar-refractivity contribution in [2.24, 2.45) is 33.6 Å². The van der Waals surface area contributed by atoms with Gasteiger partial charge in [-0.25, -0.2) is 29.7 Å². The van der Waals surface area contributed by atoms with Crippen LogP contribution in [0.3, 0.4) is 0 Å². The summed E-state index contributed by atoms with van der Waals surface area (Å²) in [6, 6.07) is 32.8. The zero-order valence-electron chi connectivity index (χ0n) is 56.1. The summed E-state index contributed by atoms with van der Waals surface area (Å²) in [6.45, 7) is 22.4. The van der Waals surface area contributed by atoms with Crippen molar-refractivity contribution < 1.29 is 74.0 Å². The van der Waals surface area contributed by atoms with Crippen molar-refractivity contribution in [3.63, 3.8) is 0 Å². The Morgan fingerprint density at radius 2 is 0.806 bits per heavy atom. The summed E-state index contributed by atoms with van der Waals surface area (Å²) in [4.78, 5) is 58.6. The van der Waals surface area contributed by atoms with Gasteiger partial charge in [-0.15, -0.1) is 0 Å². The number of aryl methyl sites for hydroxylation is 4. The molecule has 0 bridgehead atoms. The quantitative estimate of drug-likeness (QED) is 0.00852. The van der Waals surface area contributed by atoms with Gasteiger partial charge in [0.25, 0.3) is 0 Å². The second-order valence-electron chi connectivity index (χ2n) is 21.9. The number of nitrogens with zero attached hydrogens (tertiary/aromatic N) is 12. The van der Waals surface area contributed by atoms with Crippen LogP contribution in [-0.2, 0) is 14.4 Å². The molecule has 0 amide bonds. The Hall–Kier alpha value is -7.88. The van der Waals surface area contributed by atoms with E-state index in [1.54, 1.807) is 67.6 Å². The molecule has 0 radical (unpaired) electrons. The van der Waals surface area contributed by atoms with Gasteiger partial charge in [0.15, 0.2) is 11.7 Å². The summed E-state index contributed by atoms with van der Waals surface area (Å²) < 4.78 is 17.7. The van der Waals surface area contributed by atoms with E-state index >= 15 is 0 Å². The Morgan fingerprint density at radius 3 is 1.09 bits per heavy atom. The van der Waals surface area contributed by atoms with Crippen LogP contribution >= 0.6 is 69.6 Å². The fourth-order valence-corrected chi connectivity index (χ4v) is 9.04. The third kappa shape index (κ3) is 27.1. The van der Waals surface area contributed by atoms with Crippen LogP contribution in [0.5, 0.6) is 17.6 Å². The van der Waals surface area contributed by atoms with Crippen LogP contribution in [-0.4, -0.2) is 78.5 Å². The number of amidine groups is 2. The molecular weight excluding hydrogens is 1390 g/mol. The van der Waals surface area contributed by atoms with Crippen molar-refractivity contribution >= 4 is 92.5 Å². The summed E-state index contributed by atoms with van der Waals surface area (Å²) in [5.41, 5.74) is 24.2. The van der Waals surface area contributed by atoms with Crippen molar-refractivity contribution in [2.45, 2.75) is 133 Å². The van der Waals surface area contributed by atoms with E-state index in [2.05, 4.69) is 56.3 Å². The predicted molar refractivity (Wildman–Crippen MR) is 372 cm³/mol. The molecule has 2 fully saturated rings. The number of benzene rings is 4. The maximum Gasteiger partial charge on any atom is 1.00 e. The molecule has 4 atom stereocenters. The van der Waals surface area contributed by atoms with Crippen LogP contribution in [0.15, 0.2) is 107 Å². The van der Waals surface area contributed by atoms with E-state index in [0.717, 1.165) is 93.0 Å². The van der Waals surface area contributed by atoms with Gasteiger partial charge in [0, 0.05) is 62.1 Å². The molecule has 0 spiro atoms. The average molecular weight is 1470 g/mol. The van der Waals surface area contributed by atoms with Gasteiger partial charge in [0.1, 0.15) is 23.5 Å². The zero-order valence-corrected chi connectivity index (χ0v) is 62.6. The van der Waals surface area contributed by atoms with Crippen molar-refractivity contribution in [2.75, 3.05) is 0 Å². The fourth-order valence-electron chi connectivity index (χ4n) is 7.74. The number of ether oxygens (including phenoxy) is 3. The van der Waals surface area contributed by atoms with Crippen LogP contribution in [0.25, 0.3) is 0 Å². The molecular formula is C68H73Cl6N14NaO9. The van der Waals surface area contributed by atoms with Crippen molar-refractivity contribution in [1.29, 1.82) is 10.5 Å². The summed E-state index contributed by atoms with van der Waals surface area (Å²) in [7, 11) is 0. The molecule has 2 saturated carbocycles. The van der Waals surface area contributed by atoms with E-state index in [9.17, 15) is 9.59 Å². The van der Waals surface area contributed by atoms with Gasteiger partial charge in [-0.1, -0.05) is 94.7 Å². The van der Waals surface area contributed by atoms with E-state index in [-0.39, 0.29) is 109 Å². The fraction of sp³-hybridized carbons (Fsp3) is 0.324. The SMILES string of the molecule is C[C@H](O)c1ccc(C#N)cc1.Cc1nc(Cl)nc(Cl)c1C.Cc1nc(Cl)nc(O[C@@H](C)c2ccc(/C(N)=N/O)cc2)c1C.Cc1nc(Cl)nc(O[C@@H](C)c2ccc(/C(N)=N/OC(=O)C3CC3)cc2)c1C.Cc1nc(Cl)nc(O[C@@H](C)c2ccc(C#N)cc2)c1C.O=C(Cl)C1CC1.[Na+].[OH-]. The number of hydrogen-bond acceptors (Lipinski definition) is 21. The average Bonchev–Trinajstić information content (AvgIpc) is 1.61. The first-order chi connectivity index (χ1) is 45.4. The number of halogens is 6. The molecule has 4 heterocycles. The minimum absolute atomic E-state index is 0. The molecule has 30 heteroatoms. The Balaban J connectivity index is 0.000000321. The molecule has 4 aromatic carbocycles. The third-order valence-corrected chi connectivity index (χ3v) is 16.0. The predicted octanol–water partition coefficient (Wildman–Crippen LogP) is 12.2. The van der Waals surface area contributed by atoms with Gasteiger partial charge in [0.2, 0.25) is 44.0 Å². The van der Waals surface area contributed by atoms with Crippen LogP contribution < -0.4 is 55.2 Å². The number of hydrogen-bond donors (Lipinski definition) is 4. The zero-order chi connectivity index (χ0) is 71.1. The number of nitrogens with two attached hydrogens (primary N) is 2. The number of aromatic nitrogens is 8. The molecule has 98 heavy (non-hydrogen) atoms. The second-order valence-corrected chi connectivity index (χ2v) is 24.0. The van der Waals surface area contributed by atoms with Crippen LogP contribution in [0, 0.1) is 89.9 Å². The molecule has 10 rings (SSSR count). The first-order valence-electron chi connectivity index (χ1n) is 29.7. The molecule has 0 aliphatic heterocycles. The van der Waals surface area contributed by atoms with Gasteiger partial charge >= 0.3 is 35.5 Å². The van der Waals surface area contributed by atoms with E-state index < -0.39 is 6.10 Å². The molecule has 2 aliphatic rings. The monoisotopic (exact) mass is 1460 g/mol.